The molecule has 0 saturated heterocycles. The lowest BCUT2D eigenvalue weighted by molar-refractivity contribution is 0.152. The Bertz CT molecular complexity index is 309. The fourth-order valence-corrected chi connectivity index (χ4v) is 1.22. The molecule has 0 saturated carbocycles. The van der Waals surface area contributed by atoms with Gasteiger partial charge in [-0.25, -0.2) is 8.78 Å². The number of halogens is 2. The lowest BCUT2D eigenvalue weighted by Crippen LogP contribution is -2.40. The molecular weight excluding hydrogens is 214 g/mol. The normalized spacial score (nSPS) is 11.9. The van der Waals surface area contributed by atoms with Gasteiger partial charge < -0.3 is 15.2 Å². The molecule has 0 unspecified atom stereocenters. The third-order valence-electron chi connectivity index (χ3n) is 1.98. The molecule has 0 amide bonds. The molecule has 16 heavy (non-hydrogen) atoms. The molecular formula is C10H16F2N4. The van der Waals surface area contributed by atoms with Crippen LogP contribution in [0.3, 0.4) is 0 Å². The van der Waals surface area contributed by atoms with Crippen molar-refractivity contribution in [1.29, 1.82) is 0 Å². The van der Waals surface area contributed by atoms with Crippen LogP contribution in [0.5, 0.6) is 0 Å². The molecule has 0 aliphatic rings. The van der Waals surface area contributed by atoms with Crippen LogP contribution in [-0.2, 0) is 6.54 Å². The largest absolute Gasteiger partial charge is 0.355 e. The quantitative estimate of drug-likeness (QED) is 0.583. The van der Waals surface area contributed by atoms with Gasteiger partial charge in [0.05, 0.1) is 6.54 Å². The van der Waals surface area contributed by atoms with Crippen LogP contribution in [0.4, 0.5) is 8.78 Å². The monoisotopic (exact) mass is 230 g/mol. The Balaban J connectivity index is 2.19. The maximum atomic E-state index is 11.9. The number of rotatable bonds is 5. The number of aromatic nitrogens is 1. The molecule has 0 aliphatic heterocycles. The molecule has 1 heterocycles. The highest BCUT2D eigenvalue weighted by Crippen LogP contribution is 1.89. The second-order valence-electron chi connectivity index (χ2n) is 3.19. The standard InChI is InChI=1S/C10H16F2N4/c1-13-10(15-8-9(11)12)14-4-7-16-5-2-3-6-16/h2-3,5-6,9H,4,7-8H2,1H3,(H2,13,14,15). The maximum Gasteiger partial charge on any atom is 0.255 e. The second kappa shape index (κ2) is 6.81. The Morgan fingerprint density at radius 1 is 1.31 bits per heavy atom. The number of nitrogens with zero attached hydrogens (tertiary/aromatic N) is 2. The molecule has 0 aromatic carbocycles. The van der Waals surface area contributed by atoms with E-state index in [2.05, 4.69) is 15.6 Å². The first-order valence-corrected chi connectivity index (χ1v) is 5.06. The lowest BCUT2D eigenvalue weighted by Gasteiger charge is -2.11. The van der Waals surface area contributed by atoms with Gasteiger partial charge in [-0.1, -0.05) is 0 Å². The van der Waals surface area contributed by atoms with Crippen molar-refractivity contribution in [3.8, 4) is 0 Å². The van der Waals surface area contributed by atoms with Crippen molar-refractivity contribution in [2.45, 2.75) is 13.0 Å². The van der Waals surface area contributed by atoms with Crippen LogP contribution < -0.4 is 10.6 Å². The van der Waals surface area contributed by atoms with Gasteiger partial charge in [0, 0.05) is 32.5 Å². The van der Waals surface area contributed by atoms with Crippen molar-refractivity contribution in [1.82, 2.24) is 15.2 Å². The average Bonchev–Trinajstić information content (AvgIpc) is 2.75. The van der Waals surface area contributed by atoms with Crippen molar-refractivity contribution in [2.75, 3.05) is 20.1 Å². The van der Waals surface area contributed by atoms with E-state index in [0.29, 0.717) is 12.5 Å². The summed E-state index contributed by atoms with van der Waals surface area (Å²) in [5.41, 5.74) is 0. The second-order valence-corrected chi connectivity index (χ2v) is 3.19. The molecule has 6 heteroatoms. The van der Waals surface area contributed by atoms with Gasteiger partial charge in [-0.3, -0.25) is 4.99 Å². The van der Waals surface area contributed by atoms with Gasteiger partial charge in [0.25, 0.3) is 6.43 Å². The minimum absolute atomic E-state index is 0.386. The Morgan fingerprint density at radius 3 is 2.56 bits per heavy atom. The average molecular weight is 230 g/mol. The number of guanidine groups is 1. The molecule has 0 atom stereocenters. The predicted octanol–water partition coefficient (Wildman–Crippen LogP) is 0.918. The number of alkyl halides is 2. The highest BCUT2D eigenvalue weighted by atomic mass is 19.3. The zero-order valence-electron chi connectivity index (χ0n) is 9.16. The van der Waals surface area contributed by atoms with Gasteiger partial charge in [0.15, 0.2) is 5.96 Å². The highest BCUT2D eigenvalue weighted by Gasteiger charge is 2.03. The minimum atomic E-state index is -2.37. The van der Waals surface area contributed by atoms with Crippen LogP contribution in [0.1, 0.15) is 0 Å². The molecule has 0 fully saturated rings. The van der Waals surface area contributed by atoms with Crippen molar-refractivity contribution in [2.24, 2.45) is 4.99 Å². The van der Waals surface area contributed by atoms with Crippen molar-refractivity contribution < 1.29 is 8.78 Å². The van der Waals surface area contributed by atoms with E-state index in [0.717, 1.165) is 6.54 Å². The molecule has 2 N–H and O–H groups in total. The maximum absolute atomic E-state index is 11.9. The number of aliphatic imine (C=N–C) groups is 1. The SMILES string of the molecule is CN=C(NCCn1cccc1)NCC(F)F. The van der Waals surface area contributed by atoms with E-state index >= 15 is 0 Å². The number of nitrogens with one attached hydrogen (secondary N) is 2. The van der Waals surface area contributed by atoms with Crippen molar-refractivity contribution in [3.05, 3.63) is 24.5 Å². The van der Waals surface area contributed by atoms with E-state index in [4.69, 9.17) is 0 Å². The highest BCUT2D eigenvalue weighted by molar-refractivity contribution is 5.79. The smallest absolute Gasteiger partial charge is 0.255 e. The molecule has 90 valence electrons. The first-order chi connectivity index (χ1) is 7.72. The third kappa shape index (κ3) is 4.77. The van der Waals surface area contributed by atoms with Gasteiger partial charge in [-0.15, -0.1) is 0 Å². The zero-order valence-corrected chi connectivity index (χ0v) is 9.16. The topological polar surface area (TPSA) is 41.4 Å². The third-order valence-corrected chi connectivity index (χ3v) is 1.98. The summed E-state index contributed by atoms with van der Waals surface area (Å²) in [6, 6.07) is 3.87. The van der Waals surface area contributed by atoms with Gasteiger partial charge in [0.2, 0.25) is 0 Å². The van der Waals surface area contributed by atoms with E-state index in [-0.39, 0.29) is 6.54 Å². The van der Waals surface area contributed by atoms with Gasteiger partial charge in [-0.2, -0.15) is 0 Å². The molecule has 0 spiro atoms. The van der Waals surface area contributed by atoms with E-state index in [1.807, 2.05) is 29.1 Å². The Morgan fingerprint density at radius 2 is 2.00 bits per heavy atom. The predicted molar refractivity (Wildman–Crippen MR) is 59.8 cm³/mol. The van der Waals surface area contributed by atoms with Crippen LogP contribution in [0.2, 0.25) is 0 Å². The van der Waals surface area contributed by atoms with Crippen molar-refractivity contribution >= 4 is 5.96 Å². The summed E-state index contributed by atoms with van der Waals surface area (Å²) < 4.78 is 25.8. The summed E-state index contributed by atoms with van der Waals surface area (Å²) in [5, 5.41) is 5.48. The molecule has 0 radical (unpaired) electrons. The van der Waals surface area contributed by atoms with E-state index < -0.39 is 6.43 Å². The summed E-state index contributed by atoms with van der Waals surface area (Å²) >= 11 is 0. The summed E-state index contributed by atoms with van der Waals surface area (Å²) in [5.74, 6) is 0.396. The first-order valence-electron chi connectivity index (χ1n) is 5.06. The summed E-state index contributed by atoms with van der Waals surface area (Å²) in [4.78, 5) is 3.83. The van der Waals surface area contributed by atoms with Crippen LogP contribution in [0.25, 0.3) is 0 Å². The molecule has 0 aliphatic carbocycles. The van der Waals surface area contributed by atoms with Gasteiger partial charge in [0.1, 0.15) is 0 Å². The Kier molecular flexibility index (Phi) is 5.31. The number of hydrogen-bond acceptors (Lipinski definition) is 1. The summed E-state index contributed by atoms with van der Waals surface area (Å²) in [6.07, 6.45) is 1.51. The molecule has 4 nitrogen and oxygen atoms in total. The summed E-state index contributed by atoms with van der Waals surface area (Å²) in [6.45, 7) is 1.02. The first kappa shape index (κ1) is 12.5. The molecule has 0 bridgehead atoms. The van der Waals surface area contributed by atoms with Crippen LogP contribution in [0, 0.1) is 0 Å². The van der Waals surface area contributed by atoms with Crippen LogP contribution in [-0.4, -0.2) is 37.1 Å². The van der Waals surface area contributed by atoms with Gasteiger partial charge in [-0.05, 0) is 12.1 Å². The van der Waals surface area contributed by atoms with Crippen molar-refractivity contribution in [3.63, 3.8) is 0 Å². The molecule has 1 aromatic heterocycles. The molecule has 1 aromatic rings. The fourth-order valence-electron chi connectivity index (χ4n) is 1.22. The Hall–Kier alpha value is -1.59. The lowest BCUT2D eigenvalue weighted by atomic mass is 10.6. The van der Waals surface area contributed by atoms with Gasteiger partial charge >= 0.3 is 0 Å². The van der Waals surface area contributed by atoms with E-state index in [1.54, 1.807) is 7.05 Å². The Labute approximate surface area is 93.4 Å². The van der Waals surface area contributed by atoms with Crippen LogP contribution in [0.15, 0.2) is 29.5 Å². The fraction of sp³-hybridized carbons (Fsp3) is 0.500. The summed E-state index contributed by atoms with van der Waals surface area (Å²) in [7, 11) is 1.55. The molecule has 1 rings (SSSR count). The minimum Gasteiger partial charge on any atom is -0.355 e. The zero-order chi connectivity index (χ0) is 11.8. The number of hydrogen-bond donors (Lipinski definition) is 2. The van der Waals surface area contributed by atoms with E-state index in [9.17, 15) is 8.78 Å². The van der Waals surface area contributed by atoms with E-state index in [1.165, 1.54) is 0 Å². The van der Waals surface area contributed by atoms with Crippen LogP contribution >= 0.6 is 0 Å².